The van der Waals surface area contributed by atoms with Crippen molar-refractivity contribution in [3.8, 4) is 11.5 Å². The molecule has 0 aliphatic heterocycles. The number of benzene rings is 1. The van der Waals surface area contributed by atoms with E-state index in [2.05, 4.69) is 4.74 Å². The molecule has 2 unspecified atom stereocenters. The Kier molecular flexibility index (Phi) is 4.30. The highest BCUT2D eigenvalue weighted by molar-refractivity contribution is 5.75. The quantitative estimate of drug-likeness (QED) is 0.641. The predicted octanol–water partition coefficient (Wildman–Crippen LogP) is -0.0319. The number of ether oxygens (including phenoxy) is 2. The summed E-state index contributed by atoms with van der Waals surface area (Å²) in [5.41, 5.74) is -0.0118. The first kappa shape index (κ1) is 13.3. The highest BCUT2D eigenvalue weighted by atomic mass is 16.5. The van der Waals surface area contributed by atoms with E-state index in [9.17, 15) is 20.1 Å². The van der Waals surface area contributed by atoms with Gasteiger partial charge in [-0.25, -0.2) is 4.79 Å². The minimum absolute atomic E-state index is 0.0118. The standard InChI is InChI=1S/C11H14O6/c1-16-7-5-3-4-6(8(7)12)9(13)10(14)11(15)17-2/h3-5,9-10,12-14H,1-2H3. The van der Waals surface area contributed by atoms with E-state index in [1.807, 2.05) is 0 Å². The summed E-state index contributed by atoms with van der Waals surface area (Å²) in [6.07, 6.45) is -3.35. The highest BCUT2D eigenvalue weighted by Gasteiger charge is 2.29. The van der Waals surface area contributed by atoms with Crippen molar-refractivity contribution >= 4 is 5.97 Å². The number of phenolic OH excluding ortho intramolecular Hbond substituents is 1. The lowest BCUT2D eigenvalue weighted by Gasteiger charge is -2.18. The maximum Gasteiger partial charge on any atom is 0.337 e. The fourth-order valence-electron chi connectivity index (χ4n) is 1.36. The molecule has 0 spiro atoms. The van der Waals surface area contributed by atoms with E-state index in [-0.39, 0.29) is 17.1 Å². The van der Waals surface area contributed by atoms with Gasteiger partial charge in [0.05, 0.1) is 14.2 Å². The van der Waals surface area contributed by atoms with Crippen LogP contribution in [0.2, 0.25) is 0 Å². The van der Waals surface area contributed by atoms with Gasteiger partial charge in [-0.1, -0.05) is 12.1 Å². The maximum atomic E-state index is 11.0. The summed E-state index contributed by atoms with van der Waals surface area (Å²) in [5.74, 6) is -1.18. The van der Waals surface area contributed by atoms with Crippen molar-refractivity contribution in [3.05, 3.63) is 23.8 Å². The van der Waals surface area contributed by atoms with Crippen LogP contribution < -0.4 is 4.74 Å². The third kappa shape index (κ3) is 2.66. The molecule has 94 valence electrons. The summed E-state index contributed by atoms with van der Waals surface area (Å²) < 4.78 is 9.13. The Balaban J connectivity index is 3.04. The number of aliphatic hydroxyl groups is 2. The Morgan fingerprint density at radius 3 is 2.47 bits per heavy atom. The zero-order valence-electron chi connectivity index (χ0n) is 9.45. The van der Waals surface area contributed by atoms with Crippen molar-refractivity contribution in [1.29, 1.82) is 0 Å². The highest BCUT2D eigenvalue weighted by Crippen LogP contribution is 2.34. The van der Waals surface area contributed by atoms with Crippen LogP contribution in [0.4, 0.5) is 0 Å². The van der Waals surface area contributed by atoms with Crippen molar-refractivity contribution in [2.75, 3.05) is 14.2 Å². The average molecular weight is 242 g/mol. The van der Waals surface area contributed by atoms with Crippen LogP contribution in [0.3, 0.4) is 0 Å². The smallest absolute Gasteiger partial charge is 0.337 e. The molecule has 1 aromatic carbocycles. The van der Waals surface area contributed by atoms with Crippen LogP contribution in [0.5, 0.6) is 11.5 Å². The summed E-state index contributed by atoms with van der Waals surface area (Å²) in [6, 6.07) is 4.37. The topological polar surface area (TPSA) is 96.2 Å². The number of aromatic hydroxyl groups is 1. The number of esters is 1. The lowest BCUT2D eigenvalue weighted by atomic mass is 10.0. The number of phenols is 1. The zero-order chi connectivity index (χ0) is 13.0. The third-order valence-electron chi connectivity index (χ3n) is 2.31. The monoisotopic (exact) mass is 242 g/mol. The zero-order valence-corrected chi connectivity index (χ0v) is 9.45. The van der Waals surface area contributed by atoms with Gasteiger partial charge in [0.2, 0.25) is 0 Å². The predicted molar refractivity (Wildman–Crippen MR) is 57.6 cm³/mol. The second-order valence-electron chi connectivity index (χ2n) is 3.31. The minimum Gasteiger partial charge on any atom is -0.504 e. The Morgan fingerprint density at radius 2 is 1.94 bits per heavy atom. The molecule has 1 rings (SSSR count). The number of methoxy groups -OCH3 is 2. The van der Waals surface area contributed by atoms with Gasteiger partial charge in [0.15, 0.2) is 17.6 Å². The lowest BCUT2D eigenvalue weighted by molar-refractivity contribution is -0.156. The van der Waals surface area contributed by atoms with Gasteiger partial charge in [-0.3, -0.25) is 0 Å². The molecule has 6 heteroatoms. The molecule has 0 aliphatic carbocycles. The van der Waals surface area contributed by atoms with E-state index < -0.39 is 18.2 Å². The molecule has 17 heavy (non-hydrogen) atoms. The molecule has 1 aromatic rings. The molecular formula is C11H14O6. The molecule has 6 nitrogen and oxygen atoms in total. The van der Waals surface area contributed by atoms with Crippen molar-refractivity contribution in [3.63, 3.8) is 0 Å². The molecule has 0 amide bonds. The molecular weight excluding hydrogens is 228 g/mol. The number of aliphatic hydroxyl groups excluding tert-OH is 2. The van der Waals surface area contributed by atoms with Crippen LogP contribution >= 0.6 is 0 Å². The number of carbonyl (C=O) groups is 1. The van der Waals surface area contributed by atoms with Crippen LogP contribution in [0, 0.1) is 0 Å². The normalized spacial score (nSPS) is 13.9. The molecule has 0 saturated carbocycles. The number of rotatable bonds is 4. The molecule has 0 fully saturated rings. The average Bonchev–Trinajstić information content (AvgIpc) is 2.36. The van der Waals surface area contributed by atoms with Crippen LogP contribution in [-0.2, 0) is 9.53 Å². The van der Waals surface area contributed by atoms with Crippen molar-refractivity contribution in [2.24, 2.45) is 0 Å². The SMILES string of the molecule is COC(=O)C(O)C(O)c1cccc(OC)c1O. The van der Waals surface area contributed by atoms with Crippen LogP contribution in [0.15, 0.2) is 18.2 Å². The van der Waals surface area contributed by atoms with E-state index in [0.717, 1.165) is 7.11 Å². The summed E-state index contributed by atoms with van der Waals surface area (Å²) in [6.45, 7) is 0. The van der Waals surface area contributed by atoms with E-state index in [0.29, 0.717) is 0 Å². The fraction of sp³-hybridized carbons (Fsp3) is 0.364. The third-order valence-corrected chi connectivity index (χ3v) is 2.31. The first-order valence-electron chi connectivity index (χ1n) is 4.82. The Labute approximate surface area is 98.0 Å². The summed E-state index contributed by atoms with van der Waals surface area (Å²) in [7, 11) is 2.44. The summed E-state index contributed by atoms with van der Waals surface area (Å²) >= 11 is 0. The molecule has 0 saturated heterocycles. The number of hydrogen-bond acceptors (Lipinski definition) is 6. The number of para-hydroxylation sites is 1. The number of hydrogen-bond donors (Lipinski definition) is 3. The van der Waals surface area contributed by atoms with Gasteiger partial charge >= 0.3 is 5.97 Å². The first-order valence-corrected chi connectivity index (χ1v) is 4.82. The van der Waals surface area contributed by atoms with Gasteiger partial charge in [-0.15, -0.1) is 0 Å². The minimum atomic E-state index is -1.77. The van der Waals surface area contributed by atoms with Crippen LogP contribution in [0.25, 0.3) is 0 Å². The lowest BCUT2D eigenvalue weighted by Crippen LogP contribution is -2.29. The van der Waals surface area contributed by atoms with Gasteiger partial charge in [0.1, 0.15) is 6.10 Å². The van der Waals surface area contributed by atoms with E-state index in [4.69, 9.17) is 4.74 Å². The van der Waals surface area contributed by atoms with E-state index in [1.54, 1.807) is 0 Å². The molecule has 0 aliphatic rings. The Hall–Kier alpha value is -1.79. The van der Waals surface area contributed by atoms with Crippen LogP contribution in [0.1, 0.15) is 11.7 Å². The fourth-order valence-corrected chi connectivity index (χ4v) is 1.36. The first-order chi connectivity index (χ1) is 8.02. The van der Waals surface area contributed by atoms with Crippen molar-refractivity contribution in [1.82, 2.24) is 0 Å². The second kappa shape index (κ2) is 5.51. The van der Waals surface area contributed by atoms with Gasteiger partial charge in [-0.2, -0.15) is 0 Å². The molecule has 0 aromatic heterocycles. The van der Waals surface area contributed by atoms with Gasteiger partial charge < -0.3 is 24.8 Å². The second-order valence-corrected chi connectivity index (χ2v) is 3.31. The Morgan fingerprint density at radius 1 is 1.29 bits per heavy atom. The van der Waals surface area contributed by atoms with Gasteiger partial charge in [-0.05, 0) is 6.07 Å². The van der Waals surface area contributed by atoms with Gasteiger partial charge in [0.25, 0.3) is 0 Å². The molecule has 2 atom stereocenters. The number of carbonyl (C=O) groups excluding carboxylic acids is 1. The molecule has 0 heterocycles. The summed E-state index contributed by atoms with van der Waals surface area (Å²) in [4.78, 5) is 11.0. The molecule has 3 N–H and O–H groups in total. The van der Waals surface area contributed by atoms with Crippen molar-refractivity contribution in [2.45, 2.75) is 12.2 Å². The van der Waals surface area contributed by atoms with Crippen LogP contribution in [-0.4, -0.2) is 41.6 Å². The Bertz CT molecular complexity index is 403. The largest absolute Gasteiger partial charge is 0.504 e. The van der Waals surface area contributed by atoms with E-state index in [1.165, 1.54) is 25.3 Å². The summed E-state index contributed by atoms with van der Waals surface area (Å²) in [5, 5.41) is 28.9. The maximum absolute atomic E-state index is 11.0. The molecule has 0 bridgehead atoms. The molecule has 0 radical (unpaired) electrons. The van der Waals surface area contributed by atoms with Gasteiger partial charge in [0, 0.05) is 5.56 Å². The van der Waals surface area contributed by atoms with Crippen molar-refractivity contribution < 1.29 is 29.6 Å². The van der Waals surface area contributed by atoms with E-state index >= 15 is 0 Å².